The molecule has 3 N–H and O–H groups in total. The zero-order valence-electron chi connectivity index (χ0n) is 27.7. The van der Waals surface area contributed by atoms with Gasteiger partial charge >= 0.3 is 0 Å². The first-order valence-electron chi connectivity index (χ1n) is 17.1. The lowest BCUT2D eigenvalue weighted by molar-refractivity contribution is -0.136. The van der Waals surface area contributed by atoms with Crippen molar-refractivity contribution in [1.82, 2.24) is 5.32 Å². The molecule has 49 heavy (non-hydrogen) atoms. The first-order valence-corrected chi connectivity index (χ1v) is 17.9. The summed E-state index contributed by atoms with van der Waals surface area (Å²) in [6, 6.07) is 30.1. The Morgan fingerprint density at radius 3 is 2.31 bits per heavy atom. The van der Waals surface area contributed by atoms with Crippen LogP contribution >= 0.6 is 23.2 Å². The first-order chi connectivity index (χ1) is 23.7. The van der Waals surface area contributed by atoms with Gasteiger partial charge in [0.1, 0.15) is 6.04 Å². The third-order valence-electron chi connectivity index (χ3n) is 9.89. The third-order valence-corrected chi connectivity index (χ3v) is 10.4. The molecule has 3 unspecified atom stereocenters. The van der Waals surface area contributed by atoms with Gasteiger partial charge in [-0.1, -0.05) is 110 Å². The molecule has 4 aromatic carbocycles. The van der Waals surface area contributed by atoms with Crippen molar-refractivity contribution < 1.29 is 14.4 Å². The fraction of sp³-hybridized carbons (Fsp3) is 0.325. The van der Waals surface area contributed by atoms with Crippen molar-refractivity contribution >= 4 is 58.0 Å². The van der Waals surface area contributed by atoms with Gasteiger partial charge in [0.2, 0.25) is 11.8 Å². The average Bonchev–Trinajstić information content (AvgIpc) is 3.18. The summed E-state index contributed by atoms with van der Waals surface area (Å²) in [4.78, 5) is 45.6. The van der Waals surface area contributed by atoms with Crippen molar-refractivity contribution in [2.75, 3.05) is 16.3 Å². The molecule has 0 saturated heterocycles. The van der Waals surface area contributed by atoms with Gasteiger partial charge in [0.25, 0.3) is 5.91 Å². The SMILES string of the molecule is CCCC(C(N)=O)C(CC1CCC1)C(=O)NC1CN(c2ccccc2)c2ccccc2N(Cc2cccc(-c3ccc(Cl)cc3Cl)c2)C1=O. The first kappa shape index (κ1) is 34.5. The molecule has 0 aromatic heterocycles. The Labute approximate surface area is 298 Å². The van der Waals surface area contributed by atoms with Crippen LogP contribution in [0.25, 0.3) is 11.1 Å². The van der Waals surface area contributed by atoms with Crippen LogP contribution < -0.4 is 20.9 Å². The van der Waals surface area contributed by atoms with Crippen molar-refractivity contribution in [2.24, 2.45) is 23.5 Å². The minimum absolute atomic E-state index is 0.216. The number of benzene rings is 4. The minimum atomic E-state index is -0.895. The summed E-state index contributed by atoms with van der Waals surface area (Å²) in [5, 5.41) is 4.24. The number of amides is 3. The summed E-state index contributed by atoms with van der Waals surface area (Å²) >= 11 is 12.7. The molecule has 1 fully saturated rings. The number of carbonyl (C=O) groups excluding carboxylic acids is 3. The Morgan fingerprint density at radius 1 is 0.898 bits per heavy atom. The largest absolute Gasteiger partial charge is 0.369 e. The molecular weight excluding hydrogens is 655 g/mol. The van der Waals surface area contributed by atoms with Gasteiger partial charge in [-0.05, 0) is 72.4 Å². The van der Waals surface area contributed by atoms with Gasteiger partial charge < -0.3 is 20.9 Å². The molecule has 0 radical (unpaired) electrons. The molecule has 1 saturated carbocycles. The molecule has 3 atom stereocenters. The number of anilines is 3. The van der Waals surface area contributed by atoms with E-state index < -0.39 is 23.8 Å². The lowest BCUT2D eigenvalue weighted by Crippen LogP contribution is -2.54. The highest BCUT2D eigenvalue weighted by atomic mass is 35.5. The molecule has 0 bridgehead atoms. The zero-order valence-corrected chi connectivity index (χ0v) is 29.2. The van der Waals surface area contributed by atoms with Crippen LogP contribution in [0.15, 0.2) is 97.1 Å². The van der Waals surface area contributed by atoms with Gasteiger partial charge in [-0.15, -0.1) is 0 Å². The molecular formula is C40H42Cl2N4O3. The Balaban J connectivity index is 1.38. The monoisotopic (exact) mass is 696 g/mol. The fourth-order valence-corrected chi connectivity index (χ4v) is 7.64. The van der Waals surface area contributed by atoms with E-state index in [0.29, 0.717) is 28.8 Å². The standard InChI is InChI=1S/C40H42Cl2N4O3/c1-2-10-32(38(43)47)33(22-26-11-8-12-26)39(48)44-35-25-45(30-15-4-3-5-16-30)36-17-6-7-18-37(36)46(40(35)49)24-27-13-9-14-28(21-27)31-20-19-29(41)23-34(31)42/h3-7,9,13-21,23,26,32-33,35H,2,8,10-12,22,24-25H2,1H3,(H2,43,47)(H,44,48). The molecule has 4 aromatic rings. The maximum absolute atomic E-state index is 14.8. The van der Waals surface area contributed by atoms with E-state index in [1.54, 1.807) is 17.0 Å². The number of para-hydroxylation sites is 3. The molecule has 1 aliphatic heterocycles. The predicted octanol–water partition coefficient (Wildman–Crippen LogP) is 8.54. The summed E-state index contributed by atoms with van der Waals surface area (Å²) in [5.41, 5.74) is 11.0. The van der Waals surface area contributed by atoms with Crippen LogP contribution in [0.3, 0.4) is 0 Å². The van der Waals surface area contributed by atoms with E-state index in [9.17, 15) is 14.4 Å². The number of hydrogen-bond donors (Lipinski definition) is 2. The highest BCUT2D eigenvalue weighted by Crippen LogP contribution is 2.40. The molecule has 9 heteroatoms. The summed E-state index contributed by atoms with van der Waals surface area (Å²) in [6.45, 7) is 2.47. The van der Waals surface area contributed by atoms with Gasteiger partial charge in [0.05, 0.1) is 24.5 Å². The second-order valence-corrected chi connectivity index (χ2v) is 14.0. The molecule has 7 nitrogen and oxygen atoms in total. The van der Waals surface area contributed by atoms with Crippen molar-refractivity contribution in [3.05, 3.63) is 113 Å². The number of nitrogens with one attached hydrogen (secondary N) is 1. The van der Waals surface area contributed by atoms with Gasteiger partial charge in [-0.2, -0.15) is 0 Å². The smallest absolute Gasteiger partial charge is 0.251 e. The molecule has 0 spiro atoms. The number of nitrogens with two attached hydrogens (primary N) is 1. The second-order valence-electron chi connectivity index (χ2n) is 13.2. The van der Waals surface area contributed by atoms with Gasteiger partial charge in [0.15, 0.2) is 0 Å². The van der Waals surface area contributed by atoms with Crippen LogP contribution in [-0.4, -0.2) is 30.3 Å². The van der Waals surface area contributed by atoms with Crippen LogP contribution in [0.2, 0.25) is 10.0 Å². The summed E-state index contributed by atoms with van der Waals surface area (Å²) in [5.74, 6) is -1.80. The van der Waals surface area contributed by atoms with E-state index in [0.717, 1.165) is 59.4 Å². The van der Waals surface area contributed by atoms with E-state index >= 15 is 0 Å². The topological polar surface area (TPSA) is 95.7 Å². The Morgan fingerprint density at radius 2 is 1.63 bits per heavy atom. The molecule has 254 valence electrons. The van der Waals surface area contributed by atoms with Crippen LogP contribution in [-0.2, 0) is 20.9 Å². The van der Waals surface area contributed by atoms with Crippen LogP contribution in [0, 0.1) is 17.8 Å². The summed E-state index contributed by atoms with van der Waals surface area (Å²) < 4.78 is 0. The number of rotatable bonds is 12. The average molecular weight is 698 g/mol. The number of halogens is 2. The second kappa shape index (κ2) is 15.5. The Bertz CT molecular complexity index is 1810. The molecule has 1 heterocycles. The lowest BCUT2D eigenvalue weighted by atomic mass is 9.74. The number of primary amides is 1. The number of nitrogens with zero attached hydrogens (tertiary/aromatic N) is 2. The highest BCUT2D eigenvalue weighted by Gasteiger charge is 2.40. The van der Waals surface area contributed by atoms with Crippen molar-refractivity contribution in [1.29, 1.82) is 0 Å². The van der Waals surface area contributed by atoms with E-state index in [-0.39, 0.29) is 24.9 Å². The van der Waals surface area contributed by atoms with E-state index in [4.69, 9.17) is 28.9 Å². The summed E-state index contributed by atoms with van der Waals surface area (Å²) in [7, 11) is 0. The van der Waals surface area contributed by atoms with Gasteiger partial charge in [0, 0.05) is 33.1 Å². The highest BCUT2D eigenvalue weighted by molar-refractivity contribution is 6.36. The number of hydrogen-bond acceptors (Lipinski definition) is 4. The normalized spacial score (nSPS) is 17.4. The maximum Gasteiger partial charge on any atom is 0.251 e. The molecule has 2 aliphatic rings. The lowest BCUT2D eigenvalue weighted by Gasteiger charge is -2.33. The summed E-state index contributed by atoms with van der Waals surface area (Å²) in [6.07, 6.45) is 5.05. The van der Waals surface area contributed by atoms with Gasteiger partial charge in [-0.3, -0.25) is 14.4 Å². The minimum Gasteiger partial charge on any atom is -0.369 e. The van der Waals surface area contributed by atoms with Crippen molar-refractivity contribution in [2.45, 2.75) is 58.0 Å². The Kier molecular flexibility index (Phi) is 10.9. The van der Waals surface area contributed by atoms with E-state index in [2.05, 4.69) is 10.2 Å². The third kappa shape index (κ3) is 7.79. The molecule has 6 rings (SSSR count). The van der Waals surface area contributed by atoms with Crippen molar-refractivity contribution in [3.63, 3.8) is 0 Å². The van der Waals surface area contributed by atoms with Crippen molar-refractivity contribution in [3.8, 4) is 11.1 Å². The van der Waals surface area contributed by atoms with Crippen LogP contribution in [0.4, 0.5) is 17.1 Å². The fourth-order valence-electron chi connectivity index (χ4n) is 7.13. The maximum atomic E-state index is 14.8. The van der Waals surface area contributed by atoms with E-state index in [1.165, 1.54) is 0 Å². The molecule has 1 aliphatic carbocycles. The zero-order chi connectivity index (χ0) is 34.5. The quantitative estimate of drug-likeness (QED) is 0.155. The molecule has 3 amide bonds. The van der Waals surface area contributed by atoms with Crippen LogP contribution in [0.5, 0.6) is 0 Å². The predicted molar refractivity (Wildman–Crippen MR) is 198 cm³/mol. The number of carbonyl (C=O) groups is 3. The van der Waals surface area contributed by atoms with Gasteiger partial charge in [-0.25, -0.2) is 0 Å². The Hall–Kier alpha value is -4.33. The number of fused-ring (bicyclic) bond motifs is 1. The van der Waals surface area contributed by atoms with Crippen LogP contribution in [0.1, 0.15) is 51.0 Å². The van der Waals surface area contributed by atoms with E-state index in [1.807, 2.05) is 91.9 Å².